The van der Waals surface area contributed by atoms with E-state index in [2.05, 4.69) is 9.89 Å². The molecule has 0 atom stereocenters. The Balaban J connectivity index is 1.80. The summed E-state index contributed by atoms with van der Waals surface area (Å²) in [5, 5.41) is 8.45. The fourth-order valence-electron chi connectivity index (χ4n) is 2.87. The number of nitrogens with one attached hydrogen (secondary N) is 1. The van der Waals surface area contributed by atoms with Crippen molar-refractivity contribution in [2.24, 2.45) is 10.7 Å². The smallest absolute Gasteiger partial charge is 0.164 e. The van der Waals surface area contributed by atoms with Crippen molar-refractivity contribution in [2.45, 2.75) is 18.4 Å². The zero-order valence-corrected chi connectivity index (χ0v) is 15.4. The zero-order valence-electron chi connectivity index (χ0n) is 15.4. The van der Waals surface area contributed by atoms with Crippen LogP contribution < -0.4 is 16.2 Å². The Morgan fingerprint density at radius 1 is 1.37 bits per heavy atom. The minimum atomic E-state index is -0.727. The van der Waals surface area contributed by atoms with E-state index in [1.807, 2.05) is 0 Å². The third-order valence-corrected chi connectivity index (χ3v) is 4.71. The number of nitrogen functional groups attached to an aromatic ring is 1. The second-order valence-corrected chi connectivity index (χ2v) is 6.69. The number of nitrogens with zero attached hydrogens (tertiary/aromatic N) is 2. The van der Waals surface area contributed by atoms with Gasteiger partial charge in [-0.3, -0.25) is 15.2 Å². The molecule has 2 fully saturated rings. The summed E-state index contributed by atoms with van der Waals surface area (Å²) < 4.78 is 11.1. The summed E-state index contributed by atoms with van der Waals surface area (Å²) in [5.74, 6) is 1.20. The second kappa shape index (κ2) is 7.79. The summed E-state index contributed by atoms with van der Waals surface area (Å²) in [5.41, 5.74) is 12.7. The van der Waals surface area contributed by atoms with Gasteiger partial charge in [-0.1, -0.05) is 0 Å². The van der Waals surface area contributed by atoms with Gasteiger partial charge in [0.1, 0.15) is 11.6 Å². The van der Waals surface area contributed by atoms with Gasteiger partial charge < -0.3 is 25.8 Å². The van der Waals surface area contributed by atoms with Gasteiger partial charge in [0, 0.05) is 37.5 Å². The second-order valence-electron chi connectivity index (χ2n) is 6.69. The van der Waals surface area contributed by atoms with Gasteiger partial charge in [-0.25, -0.2) is 0 Å². The van der Waals surface area contributed by atoms with E-state index in [1.54, 1.807) is 31.3 Å². The molecule has 0 unspecified atom stereocenters. The molecule has 27 heavy (non-hydrogen) atoms. The number of amidine groups is 1. The first-order valence-electron chi connectivity index (χ1n) is 8.89. The summed E-state index contributed by atoms with van der Waals surface area (Å²) >= 11 is 0. The molecule has 1 aliphatic heterocycles. The van der Waals surface area contributed by atoms with Gasteiger partial charge in [0.05, 0.1) is 24.6 Å². The number of ether oxygens (including phenoxy) is 2. The number of aldehydes is 1. The molecule has 0 aromatic heterocycles. The minimum absolute atomic E-state index is 0.0864. The van der Waals surface area contributed by atoms with Crippen LogP contribution in [0.25, 0.3) is 0 Å². The number of anilines is 1. The molecule has 0 bridgehead atoms. The van der Waals surface area contributed by atoms with Crippen molar-refractivity contribution in [3.8, 4) is 5.75 Å². The normalized spacial score (nSPS) is 19.5. The first-order valence-corrected chi connectivity index (χ1v) is 8.89. The average molecular weight is 371 g/mol. The van der Waals surface area contributed by atoms with E-state index in [1.165, 1.54) is 0 Å². The van der Waals surface area contributed by atoms with Crippen molar-refractivity contribution in [1.29, 1.82) is 5.41 Å². The average Bonchev–Trinajstić information content (AvgIpc) is 3.47. The highest BCUT2D eigenvalue weighted by Gasteiger charge is 2.45. The van der Waals surface area contributed by atoms with E-state index >= 15 is 0 Å². The number of benzene rings is 1. The Morgan fingerprint density at radius 2 is 2.07 bits per heavy atom. The van der Waals surface area contributed by atoms with Gasteiger partial charge in [0.25, 0.3) is 0 Å². The zero-order chi connectivity index (χ0) is 19.4. The molecule has 1 saturated heterocycles. The Labute approximate surface area is 158 Å². The van der Waals surface area contributed by atoms with Crippen LogP contribution in [0.4, 0.5) is 5.69 Å². The molecule has 144 valence electrons. The molecule has 1 saturated carbocycles. The van der Waals surface area contributed by atoms with E-state index in [-0.39, 0.29) is 11.4 Å². The Hall–Kier alpha value is -2.87. The van der Waals surface area contributed by atoms with Crippen LogP contribution in [-0.2, 0) is 9.53 Å². The van der Waals surface area contributed by atoms with Crippen molar-refractivity contribution in [3.05, 3.63) is 35.5 Å². The van der Waals surface area contributed by atoms with Crippen LogP contribution in [0.5, 0.6) is 5.75 Å². The van der Waals surface area contributed by atoms with Crippen molar-refractivity contribution < 1.29 is 14.3 Å². The molecule has 1 aromatic carbocycles. The van der Waals surface area contributed by atoms with Crippen molar-refractivity contribution >= 4 is 23.5 Å². The first kappa shape index (κ1) is 18.9. The van der Waals surface area contributed by atoms with Crippen molar-refractivity contribution in [2.75, 3.05) is 39.1 Å². The quantitative estimate of drug-likeness (QED) is 0.296. The lowest BCUT2D eigenvalue weighted by molar-refractivity contribution is -0.115. The molecule has 1 aromatic rings. The SMILES string of the molecule is CN=C(C=C(N)C(=N)c1cc(OC2(C=O)CC2)ccc1N)N1CCOCC1. The van der Waals surface area contributed by atoms with Crippen LogP contribution in [0.15, 0.2) is 35.0 Å². The number of carbonyl (C=O) groups is 1. The van der Waals surface area contributed by atoms with Gasteiger partial charge in [-0.2, -0.15) is 0 Å². The van der Waals surface area contributed by atoms with E-state index < -0.39 is 5.60 Å². The topological polar surface area (TPSA) is 127 Å². The van der Waals surface area contributed by atoms with E-state index in [9.17, 15) is 4.79 Å². The monoisotopic (exact) mass is 371 g/mol. The van der Waals surface area contributed by atoms with Crippen molar-refractivity contribution in [3.63, 3.8) is 0 Å². The number of aliphatic imine (C=N–C) groups is 1. The summed E-state index contributed by atoms with van der Waals surface area (Å²) in [6, 6.07) is 5.01. The van der Waals surface area contributed by atoms with E-state index in [0.717, 1.165) is 19.4 Å². The summed E-state index contributed by atoms with van der Waals surface area (Å²) in [4.78, 5) is 17.5. The third kappa shape index (κ3) is 4.28. The van der Waals surface area contributed by atoms with Crippen LogP contribution in [0, 0.1) is 5.41 Å². The molecule has 1 aliphatic carbocycles. The number of rotatable bonds is 6. The molecule has 8 nitrogen and oxygen atoms in total. The molecular formula is C19H25N5O3. The maximum atomic E-state index is 11.1. The maximum Gasteiger partial charge on any atom is 0.164 e. The van der Waals surface area contributed by atoms with Crippen LogP contribution in [0.1, 0.15) is 18.4 Å². The molecule has 5 N–H and O–H groups in total. The molecule has 0 radical (unpaired) electrons. The van der Waals surface area contributed by atoms with Crippen LogP contribution in [0.2, 0.25) is 0 Å². The molecule has 1 heterocycles. The van der Waals surface area contributed by atoms with Crippen molar-refractivity contribution in [1.82, 2.24) is 4.90 Å². The lowest BCUT2D eigenvalue weighted by atomic mass is 10.0. The van der Waals surface area contributed by atoms with Gasteiger partial charge in [0.15, 0.2) is 11.9 Å². The van der Waals surface area contributed by atoms with E-state index in [0.29, 0.717) is 48.9 Å². The summed E-state index contributed by atoms with van der Waals surface area (Å²) in [6.45, 7) is 2.72. The standard InChI is InChI=1S/C19H25N5O3/c1-23-17(24-6-8-26-9-7-24)11-16(21)18(22)14-10-13(2-3-15(14)20)27-19(12-25)4-5-19/h2-3,10-12,22H,4-9,20-21H2,1H3. The predicted molar refractivity (Wildman–Crippen MR) is 104 cm³/mol. The highest BCUT2D eigenvalue weighted by molar-refractivity contribution is 6.15. The largest absolute Gasteiger partial charge is 0.480 e. The highest BCUT2D eigenvalue weighted by Crippen LogP contribution is 2.38. The number of hydrogen-bond donors (Lipinski definition) is 3. The fraction of sp³-hybridized carbons (Fsp3) is 0.421. The van der Waals surface area contributed by atoms with Gasteiger partial charge >= 0.3 is 0 Å². The van der Waals surface area contributed by atoms with Crippen LogP contribution >= 0.6 is 0 Å². The van der Waals surface area contributed by atoms with Gasteiger partial charge in [-0.15, -0.1) is 0 Å². The highest BCUT2D eigenvalue weighted by atomic mass is 16.5. The predicted octanol–water partition coefficient (Wildman–Crippen LogP) is 0.950. The number of hydrogen-bond acceptors (Lipinski definition) is 7. The lowest BCUT2D eigenvalue weighted by Gasteiger charge is -2.28. The number of nitrogens with two attached hydrogens (primary N) is 2. The fourth-order valence-corrected chi connectivity index (χ4v) is 2.87. The Morgan fingerprint density at radius 3 is 2.67 bits per heavy atom. The number of carbonyl (C=O) groups excluding carboxylic acids is 1. The minimum Gasteiger partial charge on any atom is -0.480 e. The first-order chi connectivity index (χ1) is 13.0. The Kier molecular flexibility index (Phi) is 5.46. The molecule has 3 rings (SSSR count). The van der Waals surface area contributed by atoms with Crippen LogP contribution in [0.3, 0.4) is 0 Å². The lowest BCUT2D eigenvalue weighted by Crippen LogP contribution is -2.40. The molecule has 8 heteroatoms. The number of allylic oxidation sites excluding steroid dienone is 1. The molecule has 0 spiro atoms. The Bertz CT molecular complexity index is 793. The summed E-state index contributed by atoms with van der Waals surface area (Å²) in [6.07, 6.45) is 3.90. The molecular weight excluding hydrogens is 346 g/mol. The van der Waals surface area contributed by atoms with Gasteiger partial charge in [0.2, 0.25) is 0 Å². The summed E-state index contributed by atoms with van der Waals surface area (Å²) in [7, 11) is 1.69. The maximum absolute atomic E-state index is 11.1. The number of morpholine rings is 1. The third-order valence-electron chi connectivity index (χ3n) is 4.71. The molecule has 2 aliphatic rings. The van der Waals surface area contributed by atoms with Crippen LogP contribution in [-0.4, -0.2) is 61.7 Å². The van der Waals surface area contributed by atoms with Gasteiger partial charge in [-0.05, 0) is 31.0 Å². The van der Waals surface area contributed by atoms with E-state index in [4.69, 9.17) is 26.4 Å². The molecule has 0 amide bonds.